The van der Waals surface area contributed by atoms with E-state index in [2.05, 4.69) is 20.1 Å². The van der Waals surface area contributed by atoms with E-state index in [4.69, 9.17) is 11.6 Å². The molecule has 13 heteroatoms. The van der Waals surface area contributed by atoms with E-state index in [1.165, 1.54) is 39.3 Å². The molecule has 0 radical (unpaired) electrons. The molecule has 0 bridgehead atoms. The molecule has 1 aliphatic heterocycles. The first-order chi connectivity index (χ1) is 16.7. The second-order valence-electron chi connectivity index (χ2n) is 7.63. The van der Waals surface area contributed by atoms with E-state index in [1.54, 1.807) is 24.3 Å². The van der Waals surface area contributed by atoms with Crippen molar-refractivity contribution in [3.8, 4) is 11.4 Å². The molecule has 0 spiro atoms. The fourth-order valence-electron chi connectivity index (χ4n) is 3.74. The average Bonchev–Trinajstić information content (AvgIpc) is 3.39. The van der Waals surface area contributed by atoms with Gasteiger partial charge in [-0.15, -0.1) is 13.2 Å². The summed E-state index contributed by atoms with van der Waals surface area (Å²) >= 11 is 7.43. The van der Waals surface area contributed by atoms with Crippen LogP contribution in [0.25, 0.3) is 16.7 Å². The van der Waals surface area contributed by atoms with Crippen LogP contribution < -0.4 is 15.6 Å². The maximum absolute atomic E-state index is 13.2. The number of hydrogen-bond donors (Lipinski definition) is 1. The van der Waals surface area contributed by atoms with E-state index in [0.717, 1.165) is 12.1 Å². The van der Waals surface area contributed by atoms with Gasteiger partial charge in [-0.05, 0) is 42.5 Å². The van der Waals surface area contributed by atoms with Crippen molar-refractivity contribution in [3.63, 3.8) is 0 Å². The molecule has 0 fully saturated rings. The molecule has 5 rings (SSSR count). The highest BCUT2D eigenvalue weighted by Gasteiger charge is 2.31. The zero-order chi connectivity index (χ0) is 24.7. The van der Waals surface area contributed by atoms with E-state index in [9.17, 15) is 22.8 Å². The summed E-state index contributed by atoms with van der Waals surface area (Å²) in [6.07, 6.45) is -3.38. The molecule has 1 unspecified atom stereocenters. The Labute approximate surface area is 204 Å². The van der Waals surface area contributed by atoms with Gasteiger partial charge in [-0.25, -0.2) is 9.67 Å². The molecule has 180 valence electrons. The van der Waals surface area contributed by atoms with Gasteiger partial charge in [0.25, 0.3) is 5.56 Å². The third-order valence-corrected chi connectivity index (χ3v) is 6.55. The van der Waals surface area contributed by atoms with Crippen molar-refractivity contribution in [2.45, 2.75) is 24.0 Å². The van der Waals surface area contributed by atoms with Crippen molar-refractivity contribution in [1.82, 2.24) is 19.3 Å². The highest BCUT2D eigenvalue weighted by atomic mass is 35.5. The Bertz CT molecular complexity index is 1490. The molecule has 4 aromatic rings. The van der Waals surface area contributed by atoms with Gasteiger partial charge in [0.2, 0.25) is 5.91 Å². The zero-order valence-corrected chi connectivity index (χ0v) is 19.2. The number of alkyl halides is 3. The summed E-state index contributed by atoms with van der Waals surface area (Å²) in [5.74, 6) is -0.322. The number of anilines is 1. The Morgan fingerprint density at radius 3 is 2.71 bits per heavy atom. The molecule has 1 amide bonds. The number of hydrogen-bond acceptors (Lipinski definition) is 6. The molecule has 0 aliphatic carbocycles. The first kappa shape index (κ1) is 23.2. The number of amides is 1. The molecule has 8 nitrogen and oxygen atoms in total. The lowest BCUT2D eigenvalue weighted by Crippen LogP contribution is -2.27. The number of ether oxygens (including phenoxy) is 1. The van der Waals surface area contributed by atoms with Crippen molar-refractivity contribution in [1.29, 1.82) is 0 Å². The SMILES string of the molecule is O=C(CC1CSc2nc3c(cnn3-c3cccc(Cl)c3)c(=O)n21)Nc1ccc(OC(F)(F)F)cc1. The van der Waals surface area contributed by atoms with Gasteiger partial charge in [0.05, 0.1) is 17.9 Å². The quantitative estimate of drug-likeness (QED) is 0.379. The van der Waals surface area contributed by atoms with Gasteiger partial charge in [0.1, 0.15) is 11.1 Å². The van der Waals surface area contributed by atoms with Gasteiger partial charge in [-0.1, -0.05) is 29.4 Å². The number of carbonyl (C=O) groups excluding carboxylic acids is 1. The van der Waals surface area contributed by atoms with E-state index in [1.807, 2.05) is 0 Å². The minimum absolute atomic E-state index is 0.0175. The molecule has 0 saturated carbocycles. The fourth-order valence-corrected chi connectivity index (χ4v) is 5.06. The normalized spacial score (nSPS) is 15.3. The third-order valence-electron chi connectivity index (χ3n) is 5.22. The molecule has 2 aromatic carbocycles. The largest absolute Gasteiger partial charge is 0.573 e. The predicted octanol–water partition coefficient (Wildman–Crippen LogP) is 4.81. The number of aromatic nitrogens is 4. The van der Waals surface area contributed by atoms with E-state index in [-0.39, 0.29) is 12.0 Å². The van der Waals surface area contributed by atoms with Gasteiger partial charge in [0.15, 0.2) is 10.8 Å². The topological polar surface area (TPSA) is 91.0 Å². The van der Waals surface area contributed by atoms with Crippen LogP contribution in [0.1, 0.15) is 12.5 Å². The standard InChI is InChI=1S/C22H15ClF3N5O3S/c23-12-2-1-3-14(8-12)31-19-17(10-27-31)20(33)30-15(11-35-21(30)29-19)9-18(32)28-13-4-6-16(7-5-13)34-22(24,25)26/h1-8,10,15H,9,11H2,(H,28,32). The monoisotopic (exact) mass is 521 g/mol. The Balaban J connectivity index is 1.34. The van der Waals surface area contributed by atoms with Gasteiger partial charge in [-0.3, -0.25) is 14.2 Å². The molecule has 35 heavy (non-hydrogen) atoms. The van der Waals surface area contributed by atoms with Gasteiger partial charge in [0, 0.05) is 22.9 Å². The third kappa shape index (κ3) is 4.84. The summed E-state index contributed by atoms with van der Waals surface area (Å²) in [4.78, 5) is 30.4. The highest BCUT2D eigenvalue weighted by molar-refractivity contribution is 7.99. The fraction of sp³-hybridized carbons (Fsp3) is 0.182. The maximum Gasteiger partial charge on any atom is 0.573 e. The highest BCUT2D eigenvalue weighted by Crippen LogP contribution is 2.34. The smallest absolute Gasteiger partial charge is 0.406 e. The minimum Gasteiger partial charge on any atom is -0.406 e. The second-order valence-corrected chi connectivity index (χ2v) is 9.06. The van der Waals surface area contributed by atoms with Crippen LogP contribution in [0.3, 0.4) is 0 Å². The van der Waals surface area contributed by atoms with Crippen LogP contribution in [-0.4, -0.2) is 37.4 Å². The van der Waals surface area contributed by atoms with Crippen LogP contribution in [0.4, 0.5) is 18.9 Å². The molecule has 1 atom stereocenters. The number of rotatable bonds is 5. The van der Waals surface area contributed by atoms with E-state index >= 15 is 0 Å². The van der Waals surface area contributed by atoms with Crippen LogP contribution in [-0.2, 0) is 4.79 Å². The molecule has 0 saturated heterocycles. The first-order valence-corrected chi connectivity index (χ1v) is 11.6. The number of nitrogens with zero attached hydrogens (tertiary/aromatic N) is 4. The predicted molar refractivity (Wildman–Crippen MR) is 124 cm³/mol. The summed E-state index contributed by atoms with van der Waals surface area (Å²) in [6, 6.07) is 11.4. The number of fused-ring (bicyclic) bond motifs is 2. The Morgan fingerprint density at radius 1 is 1.23 bits per heavy atom. The molecular formula is C22H15ClF3N5O3S. The molecule has 1 aliphatic rings. The van der Waals surface area contributed by atoms with Crippen molar-refractivity contribution in [3.05, 3.63) is 70.1 Å². The zero-order valence-electron chi connectivity index (χ0n) is 17.6. The number of halogens is 4. The maximum atomic E-state index is 13.2. The average molecular weight is 522 g/mol. The summed E-state index contributed by atoms with van der Waals surface area (Å²) in [6.45, 7) is 0. The van der Waals surface area contributed by atoms with E-state index < -0.39 is 24.1 Å². The molecule has 3 heterocycles. The lowest BCUT2D eigenvalue weighted by Gasteiger charge is -2.14. The van der Waals surface area contributed by atoms with Crippen LogP contribution in [0.15, 0.2) is 64.7 Å². The van der Waals surface area contributed by atoms with Crippen molar-refractivity contribution in [2.75, 3.05) is 11.1 Å². The van der Waals surface area contributed by atoms with E-state index in [0.29, 0.717) is 38.3 Å². The van der Waals surface area contributed by atoms with Gasteiger partial charge >= 0.3 is 6.36 Å². The Kier molecular flexibility index (Phi) is 5.93. The first-order valence-electron chi connectivity index (χ1n) is 10.2. The van der Waals surface area contributed by atoms with Gasteiger partial charge in [-0.2, -0.15) is 5.10 Å². The molecule has 1 N–H and O–H groups in total. The number of benzene rings is 2. The van der Waals surface area contributed by atoms with Gasteiger partial charge < -0.3 is 10.1 Å². The number of carbonyl (C=O) groups is 1. The second kappa shape index (κ2) is 8.93. The lowest BCUT2D eigenvalue weighted by molar-refractivity contribution is -0.274. The summed E-state index contributed by atoms with van der Waals surface area (Å²) in [5, 5.41) is 8.22. The van der Waals surface area contributed by atoms with Crippen molar-refractivity contribution in [2.24, 2.45) is 0 Å². The van der Waals surface area contributed by atoms with Crippen LogP contribution in [0.2, 0.25) is 5.02 Å². The molecule has 2 aromatic heterocycles. The molecular weight excluding hydrogens is 507 g/mol. The van der Waals surface area contributed by atoms with Crippen LogP contribution in [0.5, 0.6) is 5.75 Å². The van der Waals surface area contributed by atoms with Crippen molar-refractivity contribution < 1.29 is 22.7 Å². The minimum atomic E-state index is -4.80. The number of nitrogens with one attached hydrogen (secondary N) is 1. The summed E-state index contributed by atoms with van der Waals surface area (Å²) < 4.78 is 43.7. The lowest BCUT2D eigenvalue weighted by atomic mass is 10.2. The van der Waals surface area contributed by atoms with Crippen molar-refractivity contribution >= 4 is 46.0 Å². The van der Waals surface area contributed by atoms with Crippen LogP contribution >= 0.6 is 23.4 Å². The number of thioether (sulfide) groups is 1. The Morgan fingerprint density at radius 2 is 2.00 bits per heavy atom. The summed E-state index contributed by atoms with van der Waals surface area (Å²) in [7, 11) is 0. The van der Waals surface area contributed by atoms with Crippen LogP contribution in [0, 0.1) is 0 Å². The summed E-state index contributed by atoms with van der Waals surface area (Å²) in [5.41, 5.74) is 1.05. The Hall–Kier alpha value is -3.51.